The van der Waals surface area contributed by atoms with Crippen molar-refractivity contribution in [2.24, 2.45) is 5.92 Å². The minimum atomic E-state index is -0.865. The van der Waals surface area contributed by atoms with Crippen molar-refractivity contribution < 1.29 is 19.8 Å². The zero-order valence-electron chi connectivity index (χ0n) is 10.1. The third kappa shape index (κ3) is 5.14. The lowest BCUT2D eigenvalue weighted by Gasteiger charge is -2.36. The van der Waals surface area contributed by atoms with E-state index in [1.54, 1.807) is 0 Å². The number of aliphatic carboxylic acids is 2. The second-order valence-electron chi connectivity index (χ2n) is 4.54. The van der Waals surface area contributed by atoms with Gasteiger partial charge in [0.2, 0.25) is 0 Å². The maximum atomic E-state index is 10.7. The number of carbonyl (C=O) groups is 2. The number of nitrogens with one attached hydrogen (secondary N) is 1. The number of carboxylic acids is 2. The Morgan fingerprint density at radius 3 is 2.53 bits per heavy atom. The molecule has 0 radical (unpaired) electrons. The van der Waals surface area contributed by atoms with Crippen LogP contribution in [0.2, 0.25) is 0 Å². The summed E-state index contributed by atoms with van der Waals surface area (Å²) in [6.45, 7) is 4.02. The molecule has 17 heavy (non-hydrogen) atoms. The Morgan fingerprint density at radius 1 is 1.29 bits per heavy atom. The SMILES string of the molecule is CCNC1CC(CC(=O)O)CN(CC(=O)O)C1. The molecule has 2 atom stereocenters. The van der Waals surface area contributed by atoms with Crippen molar-refractivity contribution in [3.63, 3.8) is 0 Å². The molecule has 0 amide bonds. The Hall–Kier alpha value is -1.14. The molecule has 0 bridgehead atoms. The molecule has 0 aromatic carbocycles. The van der Waals surface area contributed by atoms with Gasteiger partial charge in [-0.05, 0) is 18.9 Å². The van der Waals surface area contributed by atoms with Gasteiger partial charge in [-0.15, -0.1) is 0 Å². The lowest BCUT2D eigenvalue weighted by atomic mass is 9.91. The summed E-state index contributed by atoms with van der Waals surface area (Å²) < 4.78 is 0. The zero-order chi connectivity index (χ0) is 12.8. The molecule has 1 saturated heterocycles. The molecule has 1 rings (SSSR count). The minimum Gasteiger partial charge on any atom is -0.481 e. The first-order valence-corrected chi connectivity index (χ1v) is 5.90. The quantitative estimate of drug-likeness (QED) is 0.602. The molecule has 0 spiro atoms. The van der Waals surface area contributed by atoms with Crippen LogP contribution >= 0.6 is 0 Å². The van der Waals surface area contributed by atoms with Crippen molar-refractivity contribution in [3.8, 4) is 0 Å². The van der Waals surface area contributed by atoms with Crippen molar-refractivity contribution >= 4 is 11.9 Å². The molecule has 0 aromatic rings. The molecular weight excluding hydrogens is 224 g/mol. The van der Waals surface area contributed by atoms with Gasteiger partial charge in [0.15, 0.2) is 0 Å². The van der Waals surface area contributed by atoms with Gasteiger partial charge in [0, 0.05) is 25.6 Å². The summed E-state index contributed by atoms with van der Waals surface area (Å²) in [6, 6.07) is 0.192. The normalized spacial score (nSPS) is 25.7. The fraction of sp³-hybridized carbons (Fsp3) is 0.818. The molecular formula is C11H20N2O4. The minimum absolute atomic E-state index is 0.0159. The summed E-state index contributed by atoms with van der Waals surface area (Å²) in [5.74, 6) is -1.65. The number of nitrogens with zero attached hydrogens (tertiary/aromatic N) is 1. The zero-order valence-corrected chi connectivity index (χ0v) is 10.1. The summed E-state index contributed by atoms with van der Waals surface area (Å²) in [7, 11) is 0. The molecule has 1 fully saturated rings. The maximum absolute atomic E-state index is 10.7. The first-order chi connectivity index (χ1) is 8.01. The fourth-order valence-corrected chi connectivity index (χ4v) is 2.45. The first kappa shape index (κ1) is 13.9. The molecule has 0 aliphatic carbocycles. The van der Waals surface area contributed by atoms with Crippen LogP contribution in [0.4, 0.5) is 0 Å². The summed E-state index contributed by atoms with van der Waals surface area (Å²) >= 11 is 0. The van der Waals surface area contributed by atoms with Gasteiger partial charge in [-0.2, -0.15) is 0 Å². The Morgan fingerprint density at radius 2 is 2.00 bits per heavy atom. The molecule has 1 aliphatic rings. The van der Waals surface area contributed by atoms with Gasteiger partial charge in [-0.3, -0.25) is 14.5 Å². The van der Waals surface area contributed by atoms with Gasteiger partial charge in [0.05, 0.1) is 6.54 Å². The number of piperidine rings is 1. The molecule has 0 saturated carbocycles. The van der Waals surface area contributed by atoms with Crippen molar-refractivity contribution in [2.45, 2.75) is 25.8 Å². The third-order valence-electron chi connectivity index (χ3n) is 2.93. The summed E-state index contributed by atoms with van der Waals surface area (Å²) in [6.07, 6.45) is 0.911. The summed E-state index contributed by atoms with van der Waals surface area (Å²) in [4.78, 5) is 23.2. The monoisotopic (exact) mass is 244 g/mol. The van der Waals surface area contributed by atoms with Gasteiger partial charge >= 0.3 is 11.9 Å². The number of likely N-dealkylation sites (tertiary alicyclic amines) is 1. The second-order valence-corrected chi connectivity index (χ2v) is 4.54. The van der Waals surface area contributed by atoms with Crippen molar-refractivity contribution in [1.82, 2.24) is 10.2 Å². The van der Waals surface area contributed by atoms with Crippen LogP contribution in [0.1, 0.15) is 19.8 Å². The highest BCUT2D eigenvalue weighted by molar-refractivity contribution is 5.69. The van der Waals surface area contributed by atoms with Crippen molar-refractivity contribution in [1.29, 1.82) is 0 Å². The molecule has 1 aliphatic heterocycles. The summed E-state index contributed by atoms with van der Waals surface area (Å²) in [5.41, 5.74) is 0. The summed E-state index contributed by atoms with van der Waals surface area (Å²) in [5, 5.41) is 20.8. The van der Waals surface area contributed by atoms with E-state index < -0.39 is 11.9 Å². The number of hydrogen-bond donors (Lipinski definition) is 3. The maximum Gasteiger partial charge on any atom is 0.317 e. The predicted octanol–water partition coefficient (Wildman–Crippen LogP) is -0.154. The third-order valence-corrected chi connectivity index (χ3v) is 2.93. The van der Waals surface area contributed by atoms with Crippen LogP contribution in [0.5, 0.6) is 0 Å². The molecule has 6 nitrogen and oxygen atoms in total. The van der Waals surface area contributed by atoms with Crippen LogP contribution < -0.4 is 5.32 Å². The number of likely N-dealkylation sites (N-methyl/N-ethyl adjacent to an activating group) is 1. The van der Waals surface area contributed by atoms with E-state index in [-0.39, 0.29) is 24.9 Å². The lowest BCUT2D eigenvalue weighted by Crippen LogP contribution is -2.50. The van der Waals surface area contributed by atoms with E-state index in [2.05, 4.69) is 5.32 Å². The fourth-order valence-electron chi connectivity index (χ4n) is 2.45. The highest BCUT2D eigenvalue weighted by Crippen LogP contribution is 2.19. The number of hydrogen-bond acceptors (Lipinski definition) is 4. The number of rotatable bonds is 6. The van der Waals surface area contributed by atoms with E-state index in [0.717, 1.165) is 13.0 Å². The lowest BCUT2D eigenvalue weighted by molar-refractivity contribution is -0.139. The second kappa shape index (κ2) is 6.56. The van der Waals surface area contributed by atoms with Gasteiger partial charge < -0.3 is 15.5 Å². The van der Waals surface area contributed by atoms with Gasteiger partial charge in [-0.25, -0.2) is 0 Å². The highest BCUT2D eigenvalue weighted by atomic mass is 16.4. The van der Waals surface area contributed by atoms with Gasteiger partial charge in [0.25, 0.3) is 0 Å². The first-order valence-electron chi connectivity index (χ1n) is 5.90. The molecule has 2 unspecified atom stereocenters. The van der Waals surface area contributed by atoms with E-state index in [4.69, 9.17) is 10.2 Å². The van der Waals surface area contributed by atoms with Crippen molar-refractivity contribution in [3.05, 3.63) is 0 Å². The Balaban J connectivity index is 2.55. The van der Waals surface area contributed by atoms with Crippen LogP contribution in [-0.2, 0) is 9.59 Å². The average molecular weight is 244 g/mol. The molecule has 98 valence electrons. The largest absolute Gasteiger partial charge is 0.481 e. The molecule has 6 heteroatoms. The molecule has 0 aromatic heterocycles. The van der Waals surface area contributed by atoms with E-state index in [1.165, 1.54) is 0 Å². The van der Waals surface area contributed by atoms with Crippen LogP contribution in [0.3, 0.4) is 0 Å². The predicted molar refractivity (Wildman–Crippen MR) is 61.9 cm³/mol. The van der Waals surface area contributed by atoms with E-state index >= 15 is 0 Å². The van der Waals surface area contributed by atoms with E-state index in [0.29, 0.717) is 13.1 Å². The van der Waals surface area contributed by atoms with E-state index in [9.17, 15) is 9.59 Å². The smallest absolute Gasteiger partial charge is 0.317 e. The Kier molecular flexibility index (Phi) is 5.37. The Bertz CT molecular complexity index is 259. The molecule has 3 N–H and O–H groups in total. The topological polar surface area (TPSA) is 89.9 Å². The van der Waals surface area contributed by atoms with Crippen LogP contribution in [-0.4, -0.2) is 59.3 Å². The standard InChI is InChI=1S/C11H20N2O4/c1-2-12-9-3-8(4-10(14)15)5-13(6-9)7-11(16)17/h8-9,12H,2-7H2,1H3,(H,14,15)(H,16,17). The van der Waals surface area contributed by atoms with Crippen LogP contribution in [0.25, 0.3) is 0 Å². The van der Waals surface area contributed by atoms with Crippen LogP contribution in [0.15, 0.2) is 0 Å². The number of carboxylic acid groups (broad SMARTS) is 2. The van der Waals surface area contributed by atoms with Crippen molar-refractivity contribution in [2.75, 3.05) is 26.2 Å². The highest BCUT2D eigenvalue weighted by Gasteiger charge is 2.28. The van der Waals surface area contributed by atoms with Gasteiger partial charge in [0.1, 0.15) is 0 Å². The molecule has 1 heterocycles. The Labute approximate surface area is 101 Å². The van der Waals surface area contributed by atoms with Gasteiger partial charge in [-0.1, -0.05) is 6.92 Å². The van der Waals surface area contributed by atoms with E-state index in [1.807, 2.05) is 11.8 Å². The van der Waals surface area contributed by atoms with Crippen LogP contribution in [0, 0.1) is 5.92 Å². The average Bonchev–Trinajstić information content (AvgIpc) is 2.14.